The van der Waals surface area contributed by atoms with E-state index in [1.54, 1.807) is 24.5 Å². The minimum absolute atomic E-state index is 0.119. The monoisotopic (exact) mass is 221 g/mol. The van der Waals surface area contributed by atoms with Crippen LogP contribution in [0.5, 0.6) is 0 Å². The molecule has 1 aromatic rings. The topological polar surface area (TPSA) is 51.5 Å². The van der Waals surface area contributed by atoms with Crippen LogP contribution in [-0.4, -0.2) is 25.2 Å². The molecule has 2 heterocycles. The first-order chi connectivity index (χ1) is 7.84. The Bertz CT molecular complexity index is 350. The highest BCUT2D eigenvalue weighted by Gasteiger charge is 2.15. The molecule has 86 valence electrons. The number of furan rings is 1. The molecule has 1 fully saturated rings. The van der Waals surface area contributed by atoms with Crippen molar-refractivity contribution in [1.82, 2.24) is 5.32 Å². The fourth-order valence-corrected chi connectivity index (χ4v) is 1.62. The smallest absolute Gasteiger partial charge is 0.244 e. The van der Waals surface area contributed by atoms with E-state index in [4.69, 9.17) is 9.15 Å². The van der Waals surface area contributed by atoms with Crippen molar-refractivity contribution >= 4 is 12.0 Å². The molecular formula is C12H15NO3. The number of rotatable bonds is 4. The third kappa shape index (κ3) is 3.24. The summed E-state index contributed by atoms with van der Waals surface area (Å²) in [5.74, 6) is 0.555. The number of carbonyl (C=O) groups is 1. The summed E-state index contributed by atoms with van der Waals surface area (Å²) >= 11 is 0. The Morgan fingerprint density at radius 2 is 2.56 bits per heavy atom. The first-order valence-electron chi connectivity index (χ1n) is 5.45. The van der Waals surface area contributed by atoms with E-state index in [1.165, 1.54) is 6.08 Å². The molecule has 1 aliphatic heterocycles. The second-order valence-electron chi connectivity index (χ2n) is 3.73. The van der Waals surface area contributed by atoms with Crippen LogP contribution in [0.4, 0.5) is 0 Å². The maximum atomic E-state index is 11.4. The molecular weight excluding hydrogens is 206 g/mol. The zero-order valence-electron chi connectivity index (χ0n) is 9.02. The van der Waals surface area contributed by atoms with Gasteiger partial charge in [-0.3, -0.25) is 4.79 Å². The van der Waals surface area contributed by atoms with Crippen LogP contribution in [0, 0.1) is 0 Å². The van der Waals surface area contributed by atoms with Gasteiger partial charge in [0.05, 0.1) is 12.4 Å². The molecule has 0 aromatic carbocycles. The average molecular weight is 221 g/mol. The summed E-state index contributed by atoms with van der Waals surface area (Å²) in [6.07, 6.45) is 6.98. The first-order valence-corrected chi connectivity index (χ1v) is 5.45. The van der Waals surface area contributed by atoms with Gasteiger partial charge in [0.1, 0.15) is 5.76 Å². The molecule has 4 heteroatoms. The van der Waals surface area contributed by atoms with Crippen molar-refractivity contribution in [2.45, 2.75) is 18.9 Å². The van der Waals surface area contributed by atoms with Gasteiger partial charge in [-0.2, -0.15) is 0 Å². The van der Waals surface area contributed by atoms with Crippen LogP contribution in [0.25, 0.3) is 6.08 Å². The molecule has 1 aromatic heterocycles. The van der Waals surface area contributed by atoms with Crippen molar-refractivity contribution < 1.29 is 13.9 Å². The lowest BCUT2D eigenvalue weighted by molar-refractivity contribution is -0.116. The molecule has 0 spiro atoms. The Morgan fingerprint density at radius 3 is 3.25 bits per heavy atom. The van der Waals surface area contributed by atoms with Crippen molar-refractivity contribution in [2.75, 3.05) is 13.2 Å². The summed E-state index contributed by atoms with van der Waals surface area (Å²) in [6.45, 7) is 1.39. The van der Waals surface area contributed by atoms with Crippen molar-refractivity contribution in [3.05, 3.63) is 30.2 Å². The van der Waals surface area contributed by atoms with Crippen LogP contribution in [0.3, 0.4) is 0 Å². The highest BCUT2D eigenvalue weighted by Crippen LogP contribution is 2.10. The third-order valence-electron chi connectivity index (χ3n) is 2.47. The summed E-state index contributed by atoms with van der Waals surface area (Å²) in [5.41, 5.74) is 0. The predicted molar refractivity (Wildman–Crippen MR) is 59.7 cm³/mol. The summed E-state index contributed by atoms with van der Waals surface area (Å²) in [4.78, 5) is 11.4. The SMILES string of the molecule is O=C(/C=C/c1ccco1)NCC1CCCO1. The van der Waals surface area contributed by atoms with Crippen molar-refractivity contribution in [3.63, 3.8) is 0 Å². The fraction of sp³-hybridized carbons (Fsp3) is 0.417. The van der Waals surface area contributed by atoms with E-state index >= 15 is 0 Å². The number of carbonyl (C=O) groups excluding carboxylic acids is 1. The van der Waals surface area contributed by atoms with Crippen molar-refractivity contribution in [3.8, 4) is 0 Å². The van der Waals surface area contributed by atoms with E-state index in [0.29, 0.717) is 12.3 Å². The van der Waals surface area contributed by atoms with Gasteiger partial charge in [0.15, 0.2) is 0 Å². The second-order valence-corrected chi connectivity index (χ2v) is 3.73. The molecule has 2 rings (SSSR count). The van der Waals surface area contributed by atoms with Crippen molar-refractivity contribution in [2.24, 2.45) is 0 Å². The lowest BCUT2D eigenvalue weighted by Gasteiger charge is -2.08. The van der Waals surface area contributed by atoms with Crippen LogP contribution in [0.15, 0.2) is 28.9 Å². The molecule has 1 aliphatic rings. The Kier molecular flexibility index (Phi) is 3.77. The molecule has 4 nitrogen and oxygen atoms in total. The molecule has 1 amide bonds. The van der Waals surface area contributed by atoms with Gasteiger partial charge in [-0.15, -0.1) is 0 Å². The van der Waals surface area contributed by atoms with Gasteiger partial charge in [-0.05, 0) is 31.1 Å². The standard InChI is InChI=1S/C12H15NO3/c14-12(6-5-10-3-1-7-15-10)13-9-11-4-2-8-16-11/h1,3,5-7,11H,2,4,8-9H2,(H,13,14)/b6-5+. The van der Waals surface area contributed by atoms with Gasteiger partial charge >= 0.3 is 0 Å². The number of hydrogen-bond acceptors (Lipinski definition) is 3. The van der Waals surface area contributed by atoms with E-state index in [9.17, 15) is 4.79 Å². The lowest BCUT2D eigenvalue weighted by atomic mass is 10.2. The number of ether oxygens (including phenoxy) is 1. The van der Waals surface area contributed by atoms with Crippen LogP contribution in [-0.2, 0) is 9.53 Å². The zero-order valence-corrected chi connectivity index (χ0v) is 9.02. The Morgan fingerprint density at radius 1 is 1.62 bits per heavy atom. The Hall–Kier alpha value is -1.55. The molecule has 1 saturated heterocycles. The molecule has 1 unspecified atom stereocenters. The molecule has 0 saturated carbocycles. The lowest BCUT2D eigenvalue weighted by Crippen LogP contribution is -2.30. The highest BCUT2D eigenvalue weighted by atomic mass is 16.5. The van der Waals surface area contributed by atoms with Crippen LogP contribution in [0.1, 0.15) is 18.6 Å². The molecule has 1 N–H and O–H groups in total. The zero-order chi connectivity index (χ0) is 11.2. The van der Waals surface area contributed by atoms with E-state index in [0.717, 1.165) is 19.4 Å². The molecule has 1 atom stereocenters. The average Bonchev–Trinajstić information content (AvgIpc) is 2.96. The minimum atomic E-state index is -0.119. The van der Waals surface area contributed by atoms with Crippen LogP contribution >= 0.6 is 0 Å². The molecule has 16 heavy (non-hydrogen) atoms. The Balaban J connectivity index is 1.71. The van der Waals surface area contributed by atoms with E-state index < -0.39 is 0 Å². The summed E-state index contributed by atoms with van der Waals surface area (Å²) in [6, 6.07) is 3.58. The first kappa shape index (κ1) is 11.0. The predicted octanol–water partition coefficient (Wildman–Crippen LogP) is 1.59. The van der Waals surface area contributed by atoms with Gasteiger partial charge in [-0.1, -0.05) is 0 Å². The molecule has 0 aliphatic carbocycles. The Labute approximate surface area is 94.3 Å². The number of amides is 1. The van der Waals surface area contributed by atoms with Gasteiger partial charge in [0.2, 0.25) is 5.91 Å². The summed E-state index contributed by atoms with van der Waals surface area (Å²) in [7, 11) is 0. The largest absolute Gasteiger partial charge is 0.465 e. The summed E-state index contributed by atoms with van der Waals surface area (Å²) in [5, 5.41) is 2.79. The van der Waals surface area contributed by atoms with Gasteiger partial charge in [0, 0.05) is 19.2 Å². The highest BCUT2D eigenvalue weighted by molar-refractivity contribution is 5.91. The van der Waals surface area contributed by atoms with Crippen molar-refractivity contribution in [1.29, 1.82) is 0 Å². The third-order valence-corrected chi connectivity index (χ3v) is 2.47. The van der Waals surface area contributed by atoms with Crippen LogP contribution in [0.2, 0.25) is 0 Å². The van der Waals surface area contributed by atoms with E-state index in [1.807, 2.05) is 0 Å². The number of nitrogens with one attached hydrogen (secondary N) is 1. The maximum absolute atomic E-state index is 11.4. The maximum Gasteiger partial charge on any atom is 0.244 e. The van der Waals surface area contributed by atoms with E-state index in [-0.39, 0.29) is 12.0 Å². The fourth-order valence-electron chi connectivity index (χ4n) is 1.62. The second kappa shape index (κ2) is 5.51. The van der Waals surface area contributed by atoms with Gasteiger partial charge < -0.3 is 14.5 Å². The molecule has 0 bridgehead atoms. The summed E-state index contributed by atoms with van der Waals surface area (Å²) < 4.78 is 10.5. The van der Waals surface area contributed by atoms with Gasteiger partial charge in [-0.25, -0.2) is 0 Å². The number of hydrogen-bond donors (Lipinski definition) is 1. The molecule has 0 radical (unpaired) electrons. The van der Waals surface area contributed by atoms with E-state index in [2.05, 4.69) is 5.32 Å². The quantitative estimate of drug-likeness (QED) is 0.785. The van der Waals surface area contributed by atoms with Gasteiger partial charge in [0.25, 0.3) is 0 Å². The van der Waals surface area contributed by atoms with Crippen LogP contribution < -0.4 is 5.32 Å². The normalized spacial score (nSPS) is 20.4. The minimum Gasteiger partial charge on any atom is -0.465 e.